The molecule has 4 aromatic carbocycles. The summed E-state index contributed by atoms with van der Waals surface area (Å²) in [7, 11) is 0. The quantitative estimate of drug-likeness (QED) is 0.224. The molecule has 1 N–H and O–H groups in total. The van der Waals surface area contributed by atoms with E-state index in [-0.39, 0.29) is 17.5 Å². The van der Waals surface area contributed by atoms with Gasteiger partial charge < -0.3 is 10.2 Å². The van der Waals surface area contributed by atoms with Crippen molar-refractivity contribution in [3.63, 3.8) is 0 Å². The monoisotopic (exact) mass is 630 g/mol. The van der Waals surface area contributed by atoms with E-state index in [0.717, 1.165) is 33.3 Å². The van der Waals surface area contributed by atoms with Crippen molar-refractivity contribution >= 4 is 50.9 Å². The molecule has 0 aromatic heterocycles. The average molecular weight is 632 g/mol. The minimum absolute atomic E-state index is 0.188. The Hall–Kier alpha value is -4.29. The molecule has 1 spiro atoms. The maximum Gasteiger partial charge on any atom is 0.238 e. The molecule has 6 heteroatoms. The number of hydrogen-bond acceptors (Lipinski definition) is 4. The number of rotatable bonds is 6. The van der Waals surface area contributed by atoms with E-state index >= 15 is 0 Å². The van der Waals surface area contributed by atoms with Crippen molar-refractivity contribution in [1.82, 2.24) is 0 Å². The molecular formula is C37H31BrN2O3. The third-order valence-corrected chi connectivity index (χ3v) is 9.63. The Morgan fingerprint density at radius 1 is 0.860 bits per heavy atom. The van der Waals surface area contributed by atoms with Crippen LogP contribution in [-0.2, 0) is 16.6 Å². The lowest BCUT2D eigenvalue weighted by Crippen LogP contribution is -2.51. The predicted molar refractivity (Wildman–Crippen MR) is 174 cm³/mol. The lowest BCUT2D eigenvalue weighted by molar-refractivity contribution is -0.121. The Morgan fingerprint density at radius 2 is 1.51 bits per heavy atom. The van der Waals surface area contributed by atoms with E-state index in [1.165, 1.54) is 0 Å². The zero-order valence-electron chi connectivity index (χ0n) is 24.0. The number of para-hydroxylation sites is 2. The number of nitrogens with zero attached hydrogens (tertiary/aromatic N) is 1. The summed E-state index contributed by atoms with van der Waals surface area (Å²) in [6.45, 7) is 4.33. The highest BCUT2D eigenvalue weighted by Gasteiger charge is 2.70. The molecule has 0 saturated carbocycles. The summed E-state index contributed by atoms with van der Waals surface area (Å²) in [5.41, 5.74) is 4.04. The molecular weight excluding hydrogens is 600 g/mol. The van der Waals surface area contributed by atoms with Crippen molar-refractivity contribution in [2.75, 3.05) is 10.2 Å². The van der Waals surface area contributed by atoms with Crippen LogP contribution in [0.1, 0.15) is 51.3 Å². The first-order chi connectivity index (χ1) is 20.8. The Kier molecular flexibility index (Phi) is 6.70. The molecule has 1 amide bonds. The summed E-state index contributed by atoms with van der Waals surface area (Å²) in [6.07, 6.45) is 4.92. The number of fused-ring (bicyclic) bond motifs is 6. The third-order valence-electron chi connectivity index (χ3n) is 9.10. The minimum Gasteiger partial charge on any atom is -0.352 e. The number of Topliss-reactive ketones (excluding diaryl/α,β-unsaturated/α-hetero) is 2. The van der Waals surface area contributed by atoms with Crippen LogP contribution >= 0.6 is 15.9 Å². The van der Waals surface area contributed by atoms with Crippen LogP contribution in [0.2, 0.25) is 0 Å². The zero-order valence-corrected chi connectivity index (χ0v) is 25.5. The normalized spacial score (nSPS) is 23.2. The van der Waals surface area contributed by atoms with Crippen LogP contribution in [0.4, 0.5) is 11.4 Å². The molecule has 5 nitrogen and oxygen atoms in total. The first-order valence-corrected chi connectivity index (χ1v) is 15.5. The van der Waals surface area contributed by atoms with Crippen molar-refractivity contribution in [2.45, 2.75) is 37.8 Å². The second-order valence-electron chi connectivity index (χ2n) is 12.1. The van der Waals surface area contributed by atoms with Crippen molar-refractivity contribution in [3.8, 4) is 0 Å². The largest absolute Gasteiger partial charge is 0.352 e. The number of halogens is 1. The van der Waals surface area contributed by atoms with Crippen LogP contribution in [0.5, 0.6) is 0 Å². The van der Waals surface area contributed by atoms with E-state index < -0.39 is 23.4 Å². The van der Waals surface area contributed by atoms with Crippen LogP contribution < -0.4 is 10.2 Å². The molecule has 0 bridgehead atoms. The van der Waals surface area contributed by atoms with Gasteiger partial charge in [-0.2, -0.15) is 0 Å². The summed E-state index contributed by atoms with van der Waals surface area (Å²) < 4.78 is 0.856. The number of ketones is 2. The second kappa shape index (κ2) is 10.5. The third kappa shape index (κ3) is 4.22. The number of anilines is 2. The van der Waals surface area contributed by atoms with Crippen molar-refractivity contribution in [2.24, 2.45) is 11.8 Å². The number of benzene rings is 4. The van der Waals surface area contributed by atoms with Gasteiger partial charge in [0.25, 0.3) is 0 Å². The van der Waals surface area contributed by atoms with Crippen LogP contribution in [0, 0.1) is 11.8 Å². The van der Waals surface area contributed by atoms with Crippen molar-refractivity contribution in [1.29, 1.82) is 0 Å². The Balaban J connectivity index is 1.48. The van der Waals surface area contributed by atoms with Gasteiger partial charge in [0.1, 0.15) is 11.5 Å². The lowest BCUT2D eigenvalue weighted by atomic mass is 9.64. The average Bonchev–Trinajstić information content (AvgIpc) is 3.49. The Labute approximate surface area is 259 Å². The Morgan fingerprint density at radius 3 is 2.26 bits per heavy atom. The van der Waals surface area contributed by atoms with Crippen LogP contribution in [0.25, 0.3) is 6.08 Å². The first kappa shape index (κ1) is 27.5. The fourth-order valence-electron chi connectivity index (χ4n) is 7.36. The molecule has 0 aliphatic carbocycles. The van der Waals surface area contributed by atoms with Gasteiger partial charge in [0, 0.05) is 27.0 Å². The van der Waals surface area contributed by atoms with Gasteiger partial charge in [0.2, 0.25) is 5.91 Å². The fourth-order valence-corrected chi connectivity index (χ4v) is 7.63. The van der Waals surface area contributed by atoms with E-state index in [4.69, 9.17) is 0 Å². The minimum atomic E-state index is -1.32. The van der Waals surface area contributed by atoms with Crippen LogP contribution in [0.3, 0.4) is 0 Å². The van der Waals surface area contributed by atoms with Crippen LogP contribution in [0.15, 0.2) is 108 Å². The number of carbonyl (C=O) groups excluding carboxylic acids is 3. The summed E-state index contributed by atoms with van der Waals surface area (Å²) in [6, 6.07) is 28.9. The molecule has 3 heterocycles. The van der Waals surface area contributed by atoms with Crippen molar-refractivity contribution in [3.05, 3.63) is 135 Å². The van der Waals surface area contributed by atoms with E-state index in [0.29, 0.717) is 22.7 Å². The highest BCUT2D eigenvalue weighted by atomic mass is 79.9. The van der Waals surface area contributed by atoms with Gasteiger partial charge in [0.05, 0.1) is 12.0 Å². The standard InChI is InChI=1S/C37H31BrN2O3/c1-22(2)21-23-11-13-25(14-12-23)34(41)32-33(35(42)26-15-18-27(38)19-16-26)40-30-10-6-3-7-24(30)17-20-31(40)37(32)28-8-4-5-9-29(28)39-36(37)43/h3-20,22,31-33H,21H2,1-2H3,(H,39,43)/t31-,32+,33-,37+/m1/s1. The molecule has 214 valence electrons. The van der Waals surface area contributed by atoms with E-state index in [1.807, 2.05) is 102 Å². The SMILES string of the molecule is CC(C)Cc1ccc(C(=O)[C@@H]2[C@H](C(=O)c3ccc(Br)cc3)N3c4ccccc4C=C[C@@H]3[C@]23C(=O)Nc2ccccc23)cc1. The van der Waals surface area contributed by atoms with Gasteiger partial charge in [-0.3, -0.25) is 14.4 Å². The summed E-state index contributed by atoms with van der Waals surface area (Å²) in [5, 5.41) is 3.09. The molecule has 0 radical (unpaired) electrons. The molecule has 4 aromatic rings. The molecule has 3 aliphatic heterocycles. The maximum absolute atomic E-state index is 15.0. The van der Waals surface area contributed by atoms with E-state index in [1.54, 1.807) is 12.1 Å². The smallest absolute Gasteiger partial charge is 0.238 e. The number of carbonyl (C=O) groups is 3. The van der Waals surface area contributed by atoms with Crippen molar-refractivity contribution < 1.29 is 14.4 Å². The van der Waals surface area contributed by atoms with Gasteiger partial charge in [-0.25, -0.2) is 0 Å². The van der Waals surface area contributed by atoms with Gasteiger partial charge in [-0.1, -0.05) is 115 Å². The van der Waals surface area contributed by atoms with Gasteiger partial charge in [-0.05, 0) is 53.3 Å². The Bertz CT molecular complexity index is 1790. The first-order valence-electron chi connectivity index (χ1n) is 14.7. The number of amides is 1. The highest BCUT2D eigenvalue weighted by molar-refractivity contribution is 9.10. The molecule has 7 rings (SSSR count). The number of hydrogen-bond donors (Lipinski definition) is 1. The predicted octanol–water partition coefficient (Wildman–Crippen LogP) is 7.50. The summed E-state index contributed by atoms with van der Waals surface area (Å²) in [5.74, 6) is -1.16. The topological polar surface area (TPSA) is 66.5 Å². The maximum atomic E-state index is 15.0. The van der Waals surface area contributed by atoms with Gasteiger partial charge in [0.15, 0.2) is 11.6 Å². The molecule has 1 saturated heterocycles. The molecule has 43 heavy (non-hydrogen) atoms. The zero-order chi connectivity index (χ0) is 29.9. The van der Waals surface area contributed by atoms with Gasteiger partial charge >= 0.3 is 0 Å². The second-order valence-corrected chi connectivity index (χ2v) is 13.0. The van der Waals surface area contributed by atoms with Crippen LogP contribution in [-0.4, -0.2) is 29.6 Å². The highest BCUT2D eigenvalue weighted by Crippen LogP contribution is 2.58. The lowest BCUT2D eigenvalue weighted by Gasteiger charge is -2.37. The van der Waals surface area contributed by atoms with E-state index in [2.05, 4.69) is 35.1 Å². The summed E-state index contributed by atoms with van der Waals surface area (Å²) in [4.78, 5) is 46.2. The fraction of sp³-hybridized carbons (Fsp3) is 0.216. The summed E-state index contributed by atoms with van der Waals surface area (Å²) >= 11 is 3.48. The molecule has 3 aliphatic rings. The molecule has 4 atom stereocenters. The number of nitrogens with one attached hydrogen (secondary N) is 1. The molecule has 0 unspecified atom stereocenters. The molecule has 1 fully saturated rings. The van der Waals surface area contributed by atoms with Gasteiger partial charge in [-0.15, -0.1) is 0 Å². The van der Waals surface area contributed by atoms with E-state index in [9.17, 15) is 14.4 Å².